The molecule has 1 amide bonds. The molecule has 0 aromatic carbocycles. The molecule has 1 aliphatic heterocycles. The third-order valence-electron chi connectivity index (χ3n) is 4.90. The van der Waals surface area contributed by atoms with Crippen LogP contribution >= 0.6 is 15.9 Å². The van der Waals surface area contributed by atoms with Crippen molar-refractivity contribution >= 4 is 37.7 Å². The zero-order valence-electron chi connectivity index (χ0n) is 16.5. The van der Waals surface area contributed by atoms with E-state index in [0.29, 0.717) is 22.0 Å². The van der Waals surface area contributed by atoms with Gasteiger partial charge in [-0.2, -0.15) is 5.10 Å². The van der Waals surface area contributed by atoms with E-state index < -0.39 is 15.9 Å². The molecule has 8 nitrogen and oxygen atoms in total. The van der Waals surface area contributed by atoms with Crippen LogP contribution in [-0.4, -0.2) is 41.2 Å². The molecule has 1 N–H and O–H groups in total. The first kappa shape index (κ1) is 20.8. The fourth-order valence-electron chi connectivity index (χ4n) is 3.84. The topological polar surface area (TPSA) is 97.2 Å². The molecule has 152 valence electrons. The Morgan fingerprint density at radius 2 is 2.04 bits per heavy atom. The fraction of sp³-hybridized carbons (Fsp3) is 0.500. The third-order valence-corrected chi connectivity index (χ3v) is 6.77. The average Bonchev–Trinajstić information content (AvgIpc) is 3.04. The molecule has 1 aliphatic rings. The monoisotopic (exact) mass is 469 g/mol. The predicted molar refractivity (Wildman–Crippen MR) is 110 cm³/mol. The maximum absolute atomic E-state index is 12.9. The molecule has 3 heterocycles. The van der Waals surface area contributed by atoms with Crippen molar-refractivity contribution in [2.75, 3.05) is 11.4 Å². The van der Waals surface area contributed by atoms with E-state index in [1.165, 1.54) is 10.9 Å². The first-order valence-electron chi connectivity index (χ1n) is 8.92. The van der Waals surface area contributed by atoms with Crippen molar-refractivity contribution in [2.45, 2.75) is 44.6 Å². The summed E-state index contributed by atoms with van der Waals surface area (Å²) in [5.74, 6) is 0.196. The van der Waals surface area contributed by atoms with Crippen LogP contribution in [0, 0.1) is 12.8 Å². The molecule has 2 aromatic heterocycles. The Labute approximate surface area is 173 Å². The summed E-state index contributed by atoms with van der Waals surface area (Å²) in [4.78, 5) is 19.5. The Kier molecular flexibility index (Phi) is 5.30. The summed E-state index contributed by atoms with van der Waals surface area (Å²) in [5, 5.41) is 4.04. The molecule has 2 aromatic rings. The summed E-state index contributed by atoms with van der Waals surface area (Å²) in [7, 11) is -2.42. The zero-order valence-corrected chi connectivity index (χ0v) is 18.9. The van der Waals surface area contributed by atoms with Gasteiger partial charge in [-0.1, -0.05) is 6.92 Å². The molecule has 3 rings (SSSR count). The first-order valence-corrected chi connectivity index (χ1v) is 11.2. The molecular formula is C18H24BrN5O3S. The smallest absolute Gasteiger partial charge is 0.268 e. The number of halogens is 1. The third kappa shape index (κ3) is 3.93. The highest BCUT2D eigenvalue weighted by Crippen LogP contribution is 2.37. The average molecular weight is 470 g/mol. The molecule has 1 saturated heterocycles. The zero-order chi connectivity index (χ0) is 20.9. The lowest BCUT2D eigenvalue weighted by Crippen LogP contribution is -2.41. The predicted octanol–water partition coefficient (Wildman–Crippen LogP) is 2.63. The second kappa shape index (κ2) is 7.14. The highest BCUT2D eigenvalue weighted by atomic mass is 79.9. The van der Waals surface area contributed by atoms with Crippen molar-refractivity contribution in [3.63, 3.8) is 0 Å². The molecule has 0 aliphatic carbocycles. The minimum atomic E-state index is -4.05. The summed E-state index contributed by atoms with van der Waals surface area (Å²) in [6.45, 7) is 8.66. The van der Waals surface area contributed by atoms with E-state index in [1.54, 1.807) is 26.1 Å². The Morgan fingerprint density at radius 1 is 1.36 bits per heavy atom. The van der Waals surface area contributed by atoms with E-state index in [-0.39, 0.29) is 16.0 Å². The van der Waals surface area contributed by atoms with Crippen molar-refractivity contribution < 1.29 is 13.2 Å². The number of pyridine rings is 1. The Hall–Kier alpha value is -1.94. The number of nitrogens with one attached hydrogen (secondary N) is 1. The molecule has 0 radical (unpaired) electrons. The number of aryl methyl sites for hydroxylation is 2. The number of anilines is 1. The van der Waals surface area contributed by atoms with Crippen molar-refractivity contribution in [1.29, 1.82) is 0 Å². The van der Waals surface area contributed by atoms with Crippen LogP contribution in [0.15, 0.2) is 27.8 Å². The maximum atomic E-state index is 12.9. The van der Waals surface area contributed by atoms with Gasteiger partial charge in [0, 0.05) is 25.3 Å². The number of carbonyl (C=O) groups excluding carboxylic acids is 1. The summed E-state index contributed by atoms with van der Waals surface area (Å²) in [6.07, 6.45) is 2.33. The Balaban J connectivity index is 1.98. The van der Waals surface area contributed by atoms with Crippen molar-refractivity contribution in [1.82, 2.24) is 19.5 Å². The van der Waals surface area contributed by atoms with Gasteiger partial charge in [-0.25, -0.2) is 18.1 Å². The minimum Gasteiger partial charge on any atom is -0.351 e. The minimum absolute atomic E-state index is 0.0231. The van der Waals surface area contributed by atoms with E-state index in [2.05, 4.69) is 56.4 Å². The van der Waals surface area contributed by atoms with E-state index >= 15 is 0 Å². The normalized spacial score (nSPS) is 19.1. The number of sulfonamides is 1. The summed E-state index contributed by atoms with van der Waals surface area (Å²) >= 11 is 3.36. The van der Waals surface area contributed by atoms with Gasteiger partial charge in [-0.05, 0) is 61.2 Å². The van der Waals surface area contributed by atoms with Gasteiger partial charge in [-0.3, -0.25) is 9.48 Å². The lowest BCUT2D eigenvalue weighted by Gasteiger charge is -2.33. The molecule has 0 saturated carbocycles. The van der Waals surface area contributed by atoms with Crippen LogP contribution in [0.1, 0.15) is 43.2 Å². The highest BCUT2D eigenvalue weighted by molar-refractivity contribution is 9.10. The van der Waals surface area contributed by atoms with Gasteiger partial charge in [0.05, 0.1) is 11.3 Å². The summed E-state index contributed by atoms with van der Waals surface area (Å²) in [5.41, 5.74) is 0.350. The number of aromatic nitrogens is 3. The van der Waals surface area contributed by atoms with E-state index in [1.807, 2.05) is 0 Å². The summed E-state index contributed by atoms with van der Waals surface area (Å²) in [6, 6.07) is 3.22. The lowest BCUT2D eigenvalue weighted by atomic mass is 9.97. The van der Waals surface area contributed by atoms with Gasteiger partial charge < -0.3 is 4.90 Å². The van der Waals surface area contributed by atoms with Gasteiger partial charge >= 0.3 is 0 Å². The molecule has 1 fully saturated rings. The summed E-state index contributed by atoms with van der Waals surface area (Å²) < 4.78 is 29.5. The Bertz CT molecular complexity index is 1030. The van der Waals surface area contributed by atoms with Crippen molar-refractivity contribution in [3.8, 4) is 0 Å². The lowest BCUT2D eigenvalue weighted by molar-refractivity contribution is 0.0981. The van der Waals surface area contributed by atoms with Gasteiger partial charge in [0.2, 0.25) is 0 Å². The van der Waals surface area contributed by atoms with Gasteiger partial charge in [0.25, 0.3) is 15.9 Å². The van der Waals surface area contributed by atoms with Crippen LogP contribution in [0.3, 0.4) is 0 Å². The quantitative estimate of drug-likeness (QED) is 0.691. The standard InChI is InChI=1S/C18H24BrN5O3S/c1-11-8-18(3,4)24(9-11)16-13(6-7-15(19)20-16)17(25)22-28(26,27)14-10-23(5)21-12(14)2/h6-7,10-11H,8-9H2,1-5H3,(H,22,25). The van der Waals surface area contributed by atoms with Crippen LogP contribution in [0.5, 0.6) is 0 Å². The molecule has 28 heavy (non-hydrogen) atoms. The van der Waals surface area contributed by atoms with Crippen LogP contribution in [0.25, 0.3) is 0 Å². The molecule has 0 bridgehead atoms. The van der Waals surface area contributed by atoms with Gasteiger partial charge in [-0.15, -0.1) is 0 Å². The second-order valence-electron chi connectivity index (χ2n) is 7.92. The fourth-order valence-corrected chi connectivity index (χ4v) is 5.33. The van der Waals surface area contributed by atoms with E-state index in [9.17, 15) is 13.2 Å². The molecular weight excluding hydrogens is 446 g/mol. The number of amides is 1. The van der Waals surface area contributed by atoms with E-state index in [0.717, 1.165) is 13.0 Å². The van der Waals surface area contributed by atoms with Crippen molar-refractivity contribution in [2.24, 2.45) is 13.0 Å². The number of rotatable bonds is 4. The SMILES string of the molecule is Cc1nn(C)cc1S(=O)(=O)NC(=O)c1ccc(Br)nc1N1CC(C)CC1(C)C. The molecule has 1 unspecified atom stereocenters. The number of hydrogen-bond acceptors (Lipinski definition) is 6. The van der Waals surface area contributed by atoms with Gasteiger partial charge in [0.1, 0.15) is 15.3 Å². The van der Waals surface area contributed by atoms with Crippen LogP contribution < -0.4 is 9.62 Å². The largest absolute Gasteiger partial charge is 0.351 e. The van der Waals surface area contributed by atoms with E-state index in [4.69, 9.17) is 0 Å². The Morgan fingerprint density at radius 3 is 2.57 bits per heavy atom. The highest BCUT2D eigenvalue weighted by Gasteiger charge is 2.39. The number of nitrogens with zero attached hydrogens (tertiary/aromatic N) is 4. The number of carbonyl (C=O) groups is 1. The van der Waals surface area contributed by atoms with Crippen LogP contribution in [0.4, 0.5) is 5.82 Å². The maximum Gasteiger partial charge on any atom is 0.268 e. The molecule has 10 heteroatoms. The second-order valence-corrected chi connectivity index (χ2v) is 10.4. The first-order chi connectivity index (χ1) is 12.9. The van der Waals surface area contributed by atoms with Gasteiger partial charge in [0.15, 0.2) is 0 Å². The molecule has 0 spiro atoms. The number of hydrogen-bond donors (Lipinski definition) is 1. The van der Waals surface area contributed by atoms with Crippen LogP contribution in [0.2, 0.25) is 0 Å². The van der Waals surface area contributed by atoms with Crippen molar-refractivity contribution in [3.05, 3.63) is 34.2 Å². The van der Waals surface area contributed by atoms with Crippen LogP contribution in [-0.2, 0) is 17.1 Å². The molecule has 1 atom stereocenters.